The van der Waals surface area contributed by atoms with Crippen molar-refractivity contribution in [1.82, 2.24) is 0 Å². The Balaban J connectivity index is 1.60. The molecule has 3 aliphatic carbocycles. The van der Waals surface area contributed by atoms with Crippen LogP contribution in [0.2, 0.25) is 0 Å². The van der Waals surface area contributed by atoms with Gasteiger partial charge in [0.1, 0.15) is 0 Å². The third-order valence-corrected chi connectivity index (χ3v) is 4.75. The summed E-state index contributed by atoms with van der Waals surface area (Å²) >= 11 is 0. The van der Waals surface area contributed by atoms with Gasteiger partial charge in [-0.3, -0.25) is 0 Å². The Bertz CT molecular complexity index is 576. The number of hydrogen-bond acceptors (Lipinski definition) is 0. The Morgan fingerprint density at radius 2 is 1.79 bits per heavy atom. The first-order valence-electron chi connectivity index (χ1n) is 7.59. The molecule has 3 aliphatic rings. The van der Waals surface area contributed by atoms with Crippen molar-refractivity contribution in [1.29, 1.82) is 0 Å². The summed E-state index contributed by atoms with van der Waals surface area (Å²) in [5.41, 5.74) is 7.84. The maximum absolute atomic E-state index is 2.53. The molecule has 0 amide bonds. The molecule has 0 aromatic heterocycles. The number of hydrogen-bond donors (Lipinski definition) is 0. The monoisotopic (exact) mass is 248 g/mol. The number of fused-ring (bicyclic) bond motifs is 2. The molecule has 1 saturated carbocycles. The van der Waals surface area contributed by atoms with Gasteiger partial charge in [-0.2, -0.15) is 0 Å². The van der Waals surface area contributed by atoms with E-state index < -0.39 is 0 Å². The first kappa shape index (κ1) is 11.3. The Labute approximate surface area is 115 Å². The Morgan fingerprint density at radius 1 is 1.00 bits per heavy atom. The summed E-state index contributed by atoms with van der Waals surface area (Å²) in [5, 5.41) is 0. The van der Waals surface area contributed by atoms with Gasteiger partial charge in [0.05, 0.1) is 0 Å². The molecule has 0 heterocycles. The summed E-state index contributed by atoms with van der Waals surface area (Å²) in [5.74, 6) is 0.642. The van der Waals surface area contributed by atoms with Crippen LogP contribution >= 0.6 is 0 Å². The SMILES string of the molecule is C1=Cc2c(cccc2CC2C=C3CCCCC3=C2)C1. The van der Waals surface area contributed by atoms with Gasteiger partial charge in [0.25, 0.3) is 0 Å². The van der Waals surface area contributed by atoms with Crippen LogP contribution in [0.5, 0.6) is 0 Å². The zero-order chi connectivity index (χ0) is 12.7. The lowest BCUT2D eigenvalue weighted by Crippen LogP contribution is -1.99. The van der Waals surface area contributed by atoms with Crippen molar-refractivity contribution in [2.45, 2.75) is 38.5 Å². The summed E-state index contributed by atoms with van der Waals surface area (Å²) in [4.78, 5) is 0. The molecule has 4 rings (SSSR count). The van der Waals surface area contributed by atoms with E-state index in [4.69, 9.17) is 0 Å². The van der Waals surface area contributed by atoms with Crippen molar-refractivity contribution in [3.63, 3.8) is 0 Å². The Kier molecular flexibility index (Phi) is 2.69. The first-order valence-corrected chi connectivity index (χ1v) is 7.59. The van der Waals surface area contributed by atoms with Crippen LogP contribution in [0.4, 0.5) is 0 Å². The predicted molar refractivity (Wildman–Crippen MR) is 81.0 cm³/mol. The van der Waals surface area contributed by atoms with E-state index in [2.05, 4.69) is 42.5 Å². The Hall–Kier alpha value is -1.56. The van der Waals surface area contributed by atoms with Crippen LogP contribution in [0.15, 0.2) is 47.6 Å². The van der Waals surface area contributed by atoms with Gasteiger partial charge >= 0.3 is 0 Å². The van der Waals surface area contributed by atoms with Crippen LogP contribution < -0.4 is 0 Å². The van der Waals surface area contributed by atoms with Crippen LogP contribution in [0.3, 0.4) is 0 Å². The zero-order valence-corrected chi connectivity index (χ0v) is 11.4. The van der Waals surface area contributed by atoms with Crippen LogP contribution in [-0.4, -0.2) is 0 Å². The van der Waals surface area contributed by atoms with Crippen molar-refractivity contribution in [2.24, 2.45) is 5.92 Å². The van der Waals surface area contributed by atoms with E-state index in [0.717, 1.165) is 6.42 Å². The summed E-state index contributed by atoms with van der Waals surface area (Å²) in [6.07, 6.45) is 17.4. The summed E-state index contributed by atoms with van der Waals surface area (Å²) in [6.45, 7) is 0. The molecule has 0 spiro atoms. The molecular formula is C19H20. The van der Waals surface area contributed by atoms with Gasteiger partial charge in [0, 0.05) is 0 Å². The zero-order valence-electron chi connectivity index (χ0n) is 11.4. The highest BCUT2D eigenvalue weighted by atomic mass is 14.3. The minimum Gasteiger partial charge on any atom is -0.0795 e. The highest BCUT2D eigenvalue weighted by molar-refractivity contribution is 5.63. The van der Waals surface area contributed by atoms with Gasteiger partial charge in [0.15, 0.2) is 0 Å². The van der Waals surface area contributed by atoms with Gasteiger partial charge in [-0.15, -0.1) is 0 Å². The molecule has 19 heavy (non-hydrogen) atoms. The van der Waals surface area contributed by atoms with Crippen molar-refractivity contribution < 1.29 is 0 Å². The molecule has 0 heteroatoms. The average molecular weight is 248 g/mol. The molecule has 1 aromatic carbocycles. The fraction of sp³-hybridized carbons (Fsp3) is 0.368. The molecule has 1 aromatic rings. The van der Waals surface area contributed by atoms with Gasteiger partial charge in [-0.25, -0.2) is 0 Å². The second kappa shape index (κ2) is 4.52. The van der Waals surface area contributed by atoms with Crippen molar-refractivity contribution in [3.05, 3.63) is 64.3 Å². The molecule has 0 bridgehead atoms. The molecule has 0 atom stereocenters. The van der Waals surface area contributed by atoms with Crippen LogP contribution in [0, 0.1) is 5.92 Å². The second-order valence-corrected chi connectivity index (χ2v) is 6.06. The number of rotatable bonds is 2. The topological polar surface area (TPSA) is 0 Å². The van der Waals surface area contributed by atoms with Crippen LogP contribution in [0.25, 0.3) is 6.08 Å². The molecular weight excluding hydrogens is 228 g/mol. The van der Waals surface area contributed by atoms with E-state index in [1.165, 1.54) is 48.8 Å². The lowest BCUT2D eigenvalue weighted by molar-refractivity contribution is 0.682. The van der Waals surface area contributed by atoms with E-state index >= 15 is 0 Å². The van der Waals surface area contributed by atoms with Crippen molar-refractivity contribution in [2.75, 3.05) is 0 Å². The first-order chi connectivity index (χ1) is 9.40. The molecule has 0 N–H and O–H groups in total. The van der Waals surface area contributed by atoms with Gasteiger partial charge in [-0.1, -0.05) is 42.5 Å². The molecule has 96 valence electrons. The average Bonchev–Trinajstić information content (AvgIpc) is 3.04. The predicted octanol–water partition coefficient (Wildman–Crippen LogP) is 4.86. The fourth-order valence-electron chi connectivity index (χ4n) is 3.81. The maximum Gasteiger partial charge on any atom is -0.000102 e. The van der Waals surface area contributed by atoms with Crippen LogP contribution in [-0.2, 0) is 12.8 Å². The largest absolute Gasteiger partial charge is 0.0795 e. The third-order valence-electron chi connectivity index (χ3n) is 4.75. The highest BCUT2D eigenvalue weighted by Gasteiger charge is 2.21. The van der Waals surface area contributed by atoms with Crippen LogP contribution in [0.1, 0.15) is 42.4 Å². The second-order valence-electron chi connectivity index (χ2n) is 6.06. The fourth-order valence-corrected chi connectivity index (χ4v) is 3.81. The quantitative estimate of drug-likeness (QED) is 0.701. The lowest BCUT2D eigenvalue weighted by atomic mass is 9.92. The van der Waals surface area contributed by atoms with Gasteiger partial charge in [0.2, 0.25) is 0 Å². The minimum atomic E-state index is 0.642. The highest BCUT2D eigenvalue weighted by Crippen LogP contribution is 2.37. The number of benzene rings is 1. The molecule has 0 aliphatic heterocycles. The maximum atomic E-state index is 2.53. The standard InChI is InChI=1S/C19H20/c1-2-6-17-12-14(11-16(17)5-1)13-18-9-3-7-15-8-4-10-19(15)18/h3-4,7,9-12,14H,1-2,5-6,8,13H2. The summed E-state index contributed by atoms with van der Waals surface area (Å²) in [7, 11) is 0. The van der Waals surface area contributed by atoms with Gasteiger partial charge < -0.3 is 0 Å². The normalized spacial score (nSPS) is 21.1. The van der Waals surface area contributed by atoms with Crippen molar-refractivity contribution in [3.8, 4) is 0 Å². The molecule has 0 radical (unpaired) electrons. The molecule has 0 unspecified atom stereocenters. The number of allylic oxidation sites excluding steroid dienone is 5. The summed E-state index contributed by atoms with van der Waals surface area (Å²) < 4.78 is 0. The van der Waals surface area contributed by atoms with E-state index in [1.807, 2.05) is 0 Å². The van der Waals surface area contributed by atoms with E-state index in [9.17, 15) is 0 Å². The van der Waals surface area contributed by atoms with Gasteiger partial charge in [-0.05, 0) is 72.3 Å². The molecule has 0 nitrogen and oxygen atoms in total. The van der Waals surface area contributed by atoms with E-state index in [-0.39, 0.29) is 0 Å². The molecule has 0 saturated heterocycles. The Morgan fingerprint density at radius 3 is 2.58 bits per heavy atom. The molecule has 1 fully saturated rings. The summed E-state index contributed by atoms with van der Waals surface area (Å²) in [6, 6.07) is 6.81. The lowest BCUT2D eigenvalue weighted by Gasteiger charge is -2.13. The smallest absolute Gasteiger partial charge is 0.000102 e. The van der Waals surface area contributed by atoms with Crippen molar-refractivity contribution >= 4 is 6.08 Å². The minimum absolute atomic E-state index is 0.642. The van der Waals surface area contributed by atoms with E-state index in [0.29, 0.717) is 5.92 Å². The van der Waals surface area contributed by atoms with E-state index in [1.54, 1.807) is 11.1 Å². The third kappa shape index (κ3) is 2.00.